The summed E-state index contributed by atoms with van der Waals surface area (Å²) in [5.41, 5.74) is 5.09. The molecular formula is C17H15Cl2N3O2. The summed E-state index contributed by atoms with van der Waals surface area (Å²) in [6, 6.07) is 10.6. The zero-order valence-electron chi connectivity index (χ0n) is 13.1. The first-order chi connectivity index (χ1) is 11.4. The normalized spacial score (nSPS) is 10.7. The minimum absolute atomic E-state index is 0.317. The highest BCUT2D eigenvalue weighted by molar-refractivity contribution is 6.43. The number of aryl methyl sites for hydroxylation is 2. The van der Waals surface area contributed by atoms with E-state index < -0.39 is 11.8 Å². The molecule has 0 aromatic heterocycles. The van der Waals surface area contributed by atoms with E-state index in [9.17, 15) is 9.59 Å². The van der Waals surface area contributed by atoms with Crippen LogP contribution in [0.5, 0.6) is 0 Å². The van der Waals surface area contributed by atoms with Crippen LogP contribution in [-0.2, 0) is 9.59 Å². The van der Waals surface area contributed by atoms with Gasteiger partial charge in [-0.05, 0) is 37.1 Å². The first-order valence-corrected chi connectivity index (χ1v) is 7.79. The second-order valence-electron chi connectivity index (χ2n) is 5.11. The van der Waals surface area contributed by atoms with Gasteiger partial charge in [-0.3, -0.25) is 9.59 Å². The van der Waals surface area contributed by atoms with Crippen molar-refractivity contribution in [3.63, 3.8) is 0 Å². The topological polar surface area (TPSA) is 70.6 Å². The molecule has 2 rings (SSSR count). The zero-order chi connectivity index (χ0) is 17.7. The van der Waals surface area contributed by atoms with Crippen LogP contribution in [0.3, 0.4) is 0 Å². The lowest BCUT2D eigenvalue weighted by atomic mass is 10.1. The number of hydrogen-bond donors (Lipinski definition) is 2. The maximum absolute atomic E-state index is 11.9. The summed E-state index contributed by atoms with van der Waals surface area (Å²) in [5, 5.41) is 6.96. The minimum atomic E-state index is -0.884. The van der Waals surface area contributed by atoms with Crippen molar-refractivity contribution in [3.05, 3.63) is 63.1 Å². The van der Waals surface area contributed by atoms with Gasteiger partial charge in [-0.25, -0.2) is 5.43 Å². The lowest BCUT2D eigenvalue weighted by molar-refractivity contribution is -0.136. The highest BCUT2D eigenvalue weighted by Gasteiger charge is 2.14. The maximum atomic E-state index is 11.9. The van der Waals surface area contributed by atoms with Crippen LogP contribution in [0.15, 0.2) is 41.5 Å². The van der Waals surface area contributed by atoms with Crippen LogP contribution < -0.4 is 10.7 Å². The molecule has 2 amide bonds. The average molecular weight is 364 g/mol. The Morgan fingerprint density at radius 2 is 1.83 bits per heavy atom. The van der Waals surface area contributed by atoms with Gasteiger partial charge in [-0.1, -0.05) is 47.5 Å². The van der Waals surface area contributed by atoms with E-state index in [2.05, 4.69) is 15.8 Å². The minimum Gasteiger partial charge on any atom is -0.317 e. The average Bonchev–Trinajstić information content (AvgIpc) is 2.54. The Morgan fingerprint density at radius 1 is 1.08 bits per heavy atom. The van der Waals surface area contributed by atoms with Crippen LogP contribution >= 0.6 is 23.2 Å². The quantitative estimate of drug-likeness (QED) is 0.495. The maximum Gasteiger partial charge on any atom is 0.329 e. The number of halogens is 2. The van der Waals surface area contributed by atoms with Gasteiger partial charge in [0.1, 0.15) is 0 Å². The summed E-state index contributed by atoms with van der Waals surface area (Å²) < 4.78 is 0. The molecule has 0 heterocycles. The molecule has 0 unspecified atom stereocenters. The van der Waals surface area contributed by atoms with Gasteiger partial charge in [0.25, 0.3) is 0 Å². The number of nitrogens with zero attached hydrogens (tertiary/aromatic N) is 1. The molecule has 2 aromatic rings. The Kier molecular flexibility index (Phi) is 5.95. The predicted molar refractivity (Wildman–Crippen MR) is 96.7 cm³/mol. The highest BCUT2D eigenvalue weighted by atomic mass is 35.5. The first-order valence-electron chi connectivity index (χ1n) is 7.04. The van der Waals surface area contributed by atoms with Gasteiger partial charge in [0.2, 0.25) is 0 Å². The molecular weight excluding hydrogens is 349 g/mol. The summed E-state index contributed by atoms with van der Waals surface area (Å²) in [5.74, 6) is -1.69. The van der Waals surface area contributed by atoms with Crippen LogP contribution in [0.1, 0.15) is 16.7 Å². The fourth-order valence-electron chi connectivity index (χ4n) is 1.88. The molecule has 0 radical (unpaired) electrons. The molecule has 5 nitrogen and oxygen atoms in total. The van der Waals surface area contributed by atoms with Crippen LogP contribution in [0, 0.1) is 13.8 Å². The molecule has 7 heteroatoms. The second-order valence-corrected chi connectivity index (χ2v) is 5.90. The Morgan fingerprint density at radius 3 is 2.58 bits per heavy atom. The third-order valence-electron chi connectivity index (χ3n) is 3.20. The second kappa shape index (κ2) is 7.95. The van der Waals surface area contributed by atoms with E-state index in [1.165, 1.54) is 6.21 Å². The van der Waals surface area contributed by atoms with E-state index in [1.54, 1.807) is 24.3 Å². The molecule has 0 bridgehead atoms. The van der Waals surface area contributed by atoms with E-state index in [1.807, 2.05) is 26.0 Å². The van der Waals surface area contributed by atoms with Crippen molar-refractivity contribution in [2.45, 2.75) is 13.8 Å². The molecule has 2 aromatic carbocycles. The molecule has 0 saturated heterocycles. The van der Waals surface area contributed by atoms with Crippen molar-refractivity contribution < 1.29 is 9.59 Å². The molecule has 0 fully saturated rings. The third-order valence-corrected chi connectivity index (χ3v) is 4.03. The molecule has 0 atom stereocenters. The van der Waals surface area contributed by atoms with E-state index >= 15 is 0 Å². The fourth-order valence-corrected chi connectivity index (χ4v) is 2.24. The molecule has 0 aliphatic rings. The van der Waals surface area contributed by atoms with Crippen LogP contribution in [0.4, 0.5) is 5.69 Å². The lowest BCUT2D eigenvalue weighted by Crippen LogP contribution is -2.32. The van der Waals surface area contributed by atoms with E-state index in [-0.39, 0.29) is 0 Å². The number of carbonyl (C=O) groups excluding carboxylic acids is 2. The fraction of sp³-hybridized carbons (Fsp3) is 0.118. The van der Waals surface area contributed by atoms with Gasteiger partial charge < -0.3 is 5.32 Å². The molecule has 24 heavy (non-hydrogen) atoms. The third kappa shape index (κ3) is 4.57. The molecule has 0 aliphatic heterocycles. The van der Waals surface area contributed by atoms with E-state index in [0.717, 1.165) is 11.1 Å². The Hall–Kier alpha value is -2.37. The molecule has 0 aliphatic carbocycles. The Labute approximate surface area is 149 Å². The lowest BCUT2D eigenvalue weighted by Gasteiger charge is -2.08. The van der Waals surface area contributed by atoms with Gasteiger partial charge in [-0.2, -0.15) is 5.10 Å². The predicted octanol–water partition coefficient (Wildman–Crippen LogP) is 3.70. The molecule has 124 valence electrons. The SMILES string of the molecule is Cc1ccc(C)c(NC(=O)C(=O)NN=Cc2cccc(Cl)c2Cl)c1. The molecule has 2 N–H and O–H groups in total. The highest BCUT2D eigenvalue weighted by Crippen LogP contribution is 2.24. The summed E-state index contributed by atoms with van der Waals surface area (Å²) in [6.45, 7) is 3.74. The summed E-state index contributed by atoms with van der Waals surface area (Å²) in [6.07, 6.45) is 1.32. The number of hydrogen-bond acceptors (Lipinski definition) is 3. The summed E-state index contributed by atoms with van der Waals surface area (Å²) in [4.78, 5) is 23.7. The number of nitrogens with one attached hydrogen (secondary N) is 2. The molecule has 0 spiro atoms. The largest absolute Gasteiger partial charge is 0.329 e. The Bertz CT molecular complexity index is 819. The number of benzene rings is 2. The van der Waals surface area contributed by atoms with Gasteiger partial charge >= 0.3 is 11.8 Å². The summed E-state index contributed by atoms with van der Waals surface area (Å²) in [7, 11) is 0. The standard InChI is InChI=1S/C17H15Cl2N3O2/c1-10-6-7-11(2)14(8-10)21-16(23)17(24)22-20-9-12-4-3-5-13(18)15(12)19/h3-9H,1-2H3,(H,21,23)(H,22,24). The van der Waals surface area contributed by atoms with Crippen molar-refractivity contribution in [3.8, 4) is 0 Å². The smallest absolute Gasteiger partial charge is 0.317 e. The number of anilines is 1. The van der Waals surface area contributed by atoms with Crippen molar-refractivity contribution in [2.75, 3.05) is 5.32 Å². The molecule has 0 saturated carbocycles. The Balaban J connectivity index is 1.99. The number of hydrazone groups is 1. The van der Waals surface area contributed by atoms with Crippen molar-refractivity contribution >= 4 is 46.9 Å². The van der Waals surface area contributed by atoms with Gasteiger partial charge in [0.15, 0.2) is 0 Å². The van der Waals surface area contributed by atoms with Crippen molar-refractivity contribution in [1.82, 2.24) is 5.43 Å². The van der Waals surface area contributed by atoms with Gasteiger partial charge in [0.05, 0.1) is 16.3 Å². The van der Waals surface area contributed by atoms with Gasteiger partial charge in [-0.15, -0.1) is 0 Å². The van der Waals surface area contributed by atoms with Crippen LogP contribution in [-0.4, -0.2) is 18.0 Å². The van der Waals surface area contributed by atoms with Crippen molar-refractivity contribution in [1.29, 1.82) is 0 Å². The first kappa shape index (κ1) is 18.0. The number of carbonyl (C=O) groups is 2. The number of amides is 2. The zero-order valence-corrected chi connectivity index (χ0v) is 14.6. The van der Waals surface area contributed by atoms with E-state index in [4.69, 9.17) is 23.2 Å². The van der Waals surface area contributed by atoms with Crippen LogP contribution in [0.2, 0.25) is 10.0 Å². The van der Waals surface area contributed by atoms with Crippen LogP contribution in [0.25, 0.3) is 0 Å². The summed E-state index contributed by atoms with van der Waals surface area (Å²) >= 11 is 11.9. The van der Waals surface area contributed by atoms with Gasteiger partial charge in [0, 0.05) is 11.3 Å². The van der Waals surface area contributed by atoms with Crippen molar-refractivity contribution in [2.24, 2.45) is 5.10 Å². The number of rotatable bonds is 3. The van der Waals surface area contributed by atoms with E-state index in [0.29, 0.717) is 21.3 Å². The monoisotopic (exact) mass is 363 g/mol.